The van der Waals surface area contributed by atoms with E-state index >= 15 is 0 Å². The number of hydrogen-bond donors (Lipinski definition) is 1. The van der Waals surface area contributed by atoms with Gasteiger partial charge in [-0.1, -0.05) is 31.9 Å². The van der Waals surface area contributed by atoms with E-state index in [0.717, 1.165) is 21.6 Å². The average molecular weight is 340 g/mol. The van der Waals surface area contributed by atoms with E-state index in [0.29, 0.717) is 17.4 Å². The van der Waals surface area contributed by atoms with Crippen molar-refractivity contribution in [3.8, 4) is 10.8 Å². The summed E-state index contributed by atoms with van der Waals surface area (Å²) in [6.07, 6.45) is 4.68. The smallest absolute Gasteiger partial charge is 0.287 e. The molecule has 24 heavy (non-hydrogen) atoms. The number of thiazole rings is 1. The predicted octanol–water partition coefficient (Wildman–Crippen LogP) is 4.86. The lowest BCUT2D eigenvalue weighted by atomic mass is 9.86. The Hall–Kier alpha value is -2.14. The molecular formula is C19H20N2O2S. The molecule has 0 unspecified atom stereocenters. The summed E-state index contributed by atoms with van der Waals surface area (Å²) in [5, 5.41) is 3.93. The van der Waals surface area contributed by atoms with Gasteiger partial charge in [0.15, 0.2) is 16.5 Å². The first kappa shape index (κ1) is 15.4. The molecule has 4 rings (SSSR count). The molecular weight excluding hydrogens is 320 g/mol. The molecule has 5 heteroatoms. The maximum Gasteiger partial charge on any atom is 0.287 e. The quantitative estimate of drug-likeness (QED) is 0.740. The highest BCUT2D eigenvalue weighted by Crippen LogP contribution is 2.31. The molecule has 1 aliphatic carbocycles. The third kappa shape index (κ3) is 2.96. The van der Waals surface area contributed by atoms with E-state index in [2.05, 4.69) is 17.2 Å². The van der Waals surface area contributed by atoms with Crippen LogP contribution in [0.3, 0.4) is 0 Å². The van der Waals surface area contributed by atoms with Crippen molar-refractivity contribution in [1.82, 2.24) is 10.3 Å². The Labute approximate surface area is 144 Å². The lowest BCUT2D eigenvalue weighted by molar-refractivity contribution is 0.0883. The molecule has 1 aliphatic rings. The highest BCUT2D eigenvalue weighted by atomic mass is 32.1. The molecule has 1 amide bonds. The van der Waals surface area contributed by atoms with E-state index in [1.54, 1.807) is 17.4 Å². The van der Waals surface area contributed by atoms with Gasteiger partial charge >= 0.3 is 0 Å². The molecule has 3 aromatic rings. The van der Waals surface area contributed by atoms with Gasteiger partial charge in [0.25, 0.3) is 5.91 Å². The Balaban J connectivity index is 1.52. The number of hydrogen-bond acceptors (Lipinski definition) is 4. The topological polar surface area (TPSA) is 55.1 Å². The Bertz CT molecular complexity index is 834. The van der Waals surface area contributed by atoms with E-state index in [1.807, 2.05) is 30.3 Å². The van der Waals surface area contributed by atoms with Crippen molar-refractivity contribution in [1.29, 1.82) is 0 Å². The minimum absolute atomic E-state index is 0.124. The lowest BCUT2D eigenvalue weighted by Gasteiger charge is -2.29. The van der Waals surface area contributed by atoms with Gasteiger partial charge in [-0.25, -0.2) is 4.98 Å². The molecule has 0 bridgehead atoms. The molecule has 0 radical (unpaired) electrons. The zero-order valence-electron chi connectivity index (χ0n) is 13.6. The molecule has 0 saturated heterocycles. The van der Waals surface area contributed by atoms with Crippen molar-refractivity contribution < 1.29 is 9.21 Å². The highest BCUT2D eigenvalue weighted by molar-refractivity contribution is 7.21. The molecule has 1 saturated carbocycles. The summed E-state index contributed by atoms with van der Waals surface area (Å²) in [7, 11) is 0. The van der Waals surface area contributed by atoms with Crippen molar-refractivity contribution in [3.63, 3.8) is 0 Å². The standard InChI is InChI=1S/C19H20N2O2S/c1-12-6-2-3-7-13(12)20-18(22)15-10-11-16(23-15)19-21-14-8-4-5-9-17(14)24-19/h4-5,8-13H,2-3,6-7H2,1H3,(H,20,22)/t12-,13+/m1/s1. The second-order valence-corrected chi connectivity index (χ2v) is 7.52. The van der Waals surface area contributed by atoms with Crippen LogP contribution in [0.4, 0.5) is 0 Å². The molecule has 0 aliphatic heterocycles. The van der Waals surface area contributed by atoms with E-state index in [4.69, 9.17) is 4.42 Å². The number of amides is 1. The van der Waals surface area contributed by atoms with E-state index in [9.17, 15) is 4.79 Å². The molecule has 4 nitrogen and oxygen atoms in total. The van der Waals surface area contributed by atoms with Crippen LogP contribution in [-0.2, 0) is 0 Å². The number of furan rings is 1. The Morgan fingerprint density at radius 3 is 2.88 bits per heavy atom. The average Bonchev–Trinajstić information content (AvgIpc) is 3.23. The molecule has 1 aromatic carbocycles. The number of nitrogens with zero attached hydrogens (tertiary/aromatic N) is 1. The van der Waals surface area contributed by atoms with Gasteiger partial charge in [0, 0.05) is 6.04 Å². The first-order chi connectivity index (χ1) is 11.7. The third-order valence-corrected chi connectivity index (χ3v) is 5.81. The number of aromatic nitrogens is 1. The summed E-state index contributed by atoms with van der Waals surface area (Å²) in [5.41, 5.74) is 0.955. The minimum Gasteiger partial charge on any atom is -0.448 e. The number of benzene rings is 1. The van der Waals surface area contributed by atoms with Gasteiger partial charge in [0.1, 0.15) is 0 Å². The second kappa shape index (κ2) is 6.40. The Morgan fingerprint density at radius 2 is 2.04 bits per heavy atom. The number of fused-ring (bicyclic) bond motifs is 1. The first-order valence-electron chi connectivity index (χ1n) is 8.47. The number of para-hydroxylation sites is 1. The minimum atomic E-state index is -0.124. The van der Waals surface area contributed by atoms with Gasteiger partial charge in [0.05, 0.1) is 10.2 Å². The summed E-state index contributed by atoms with van der Waals surface area (Å²) in [6, 6.07) is 11.8. The van der Waals surface area contributed by atoms with Gasteiger partial charge in [-0.3, -0.25) is 4.79 Å². The number of nitrogens with one attached hydrogen (secondary N) is 1. The first-order valence-corrected chi connectivity index (χ1v) is 9.29. The van der Waals surface area contributed by atoms with Crippen LogP contribution in [0, 0.1) is 5.92 Å². The van der Waals surface area contributed by atoms with Gasteiger partial charge in [0.2, 0.25) is 0 Å². The fraction of sp³-hybridized carbons (Fsp3) is 0.368. The largest absolute Gasteiger partial charge is 0.448 e. The summed E-state index contributed by atoms with van der Waals surface area (Å²) in [6.45, 7) is 2.21. The van der Waals surface area contributed by atoms with Gasteiger partial charge in [-0.2, -0.15) is 0 Å². The molecule has 1 N–H and O–H groups in total. The second-order valence-electron chi connectivity index (χ2n) is 6.49. The van der Waals surface area contributed by atoms with E-state index < -0.39 is 0 Å². The van der Waals surface area contributed by atoms with Crippen molar-refractivity contribution in [2.75, 3.05) is 0 Å². The highest BCUT2D eigenvalue weighted by Gasteiger charge is 2.24. The van der Waals surface area contributed by atoms with Crippen molar-refractivity contribution in [2.24, 2.45) is 5.92 Å². The monoisotopic (exact) mass is 340 g/mol. The SMILES string of the molecule is C[C@@H]1CCCC[C@@H]1NC(=O)c1ccc(-c2nc3ccccc3s2)o1. The number of rotatable bonds is 3. The molecule has 2 heterocycles. The number of carbonyl (C=O) groups excluding carboxylic acids is 1. The molecule has 2 atom stereocenters. The van der Waals surface area contributed by atoms with Crippen LogP contribution in [-0.4, -0.2) is 16.9 Å². The molecule has 1 fully saturated rings. The van der Waals surface area contributed by atoms with Crippen LogP contribution in [0.15, 0.2) is 40.8 Å². The van der Waals surface area contributed by atoms with Crippen LogP contribution < -0.4 is 5.32 Å². The normalized spacial score (nSPS) is 21.0. The lowest BCUT2D eigenvalue weighted by Crippen LogP contribution is -2.40. The third-order valence-electron chi connectivity index (χ3n) is 4.76. The van der Waals surface area contributed by atoms with Crippen LogP contribution in [0.1, 0.15) is 43.2 Å². The molecule has 0 spiro atoms. The maximum atomic E-state index is 12.5. The summed E-state index contributed by atoms with van der Waals surface area (Å²) in [5.74, 6) is 1.42. The van der Waals surface area contributed by atoms with Crippen molar-refractivity contribution in [2.45, 2.75) is 38.6 Å². The number of carbonyl (C=O) groups is 1. The van der Waals surface area contributed by atoms with Crippen LogP contribution in [0.2, 0.25) is 0 Å². The maximum absolute atomic E-state index is 12.5. The van der Waals surface area contributed by atoms with Crippen molar-refractivity contribution >= 4 is 27.5 Å². The van der Waals surface area contributed by atoms with Gasteiger partial charge in [-0.15, -0.1) is 11.3 Å². The summed E-state index contributed by atoms with van der Waals surface area (Å²) >= 11 is 1.57. The molecule has 2 aromatic heterocycles. The van der Waals surface area contributed by atoms with Gasteiger partial charge in [-0.05, 0) is 43.0 Å². The Kier molecular flexibility index (Phi) is 4.10. The van der Waals surface area contributed by atoms with E-state index in [1.165, 1.54) is 19.3 Å². The van der Waals surface area contributed by atoms with E-state index in [-0.39, 0.29) is 11.9 Å². The summed E-state index contributed by atoms with van der Waals surface area (Å²) < 4.78 is 6.89. The zero-order chi connectivity index (χ0) is 16.5. The fourth-order valence-corrected chi connectivity index (χ4v) is 4.25. The van der Waals surface area contributed by atoms with Gasteiger partial charge < -0.3 is 9.73 Å². The molecule has 124 valence electrons. The Morgan fingerprint density at radius 1 is 1.21 bits per heavy atom. The fourth-order valence-electron chi connectivity index (χ4n) is 3.32. The zero-order valence-corrected chi connectivity index (χ0v) is 14.4. The van der Waals surface area contributed by atoms with Crippen LogP contribution in [0.25, 0.3) is 21.0 Å². The van der Waals surface area contributed by atoms with Crippen molar-refractivity contribution in [3.05, 3.63) is 42.2 Å². The van der Waals surface area contributed by atoms with Crippen LogP contribution in [0.5, 0.6) is 0 Å². The summed E-state index contributed by atoms with van der Waals surface area (Å²) in [4.78, 5) is 17.0. The van der Waals surface area contributed by atoms with Crippen LogP contribution >= 0.6 is 11.3 Å². The predicted molar refractivity (Wildman–Crippen MR) is 96.2 cm³/mol.